The Labute approximate surface area is 180 Å². The van der Waals surface area contributed by atoms with Gasteiger partial charge in [0.1, 0.15) is 0 Å². The largest absolute Gasteiger partial charge is 0.350 e. The Morgan fingerprint density at radius 1 is 1.07 bits per heavy atom. The number of nitrogens with one attached hydrogen (secondary N) is 1. The van der Waals surface area contributed by atoms with Gasteiger partial charge in [-0.3, -0.25) is 14.3 Å². The highest BCUT2D eigenvalue weighted by Crippen LogP contribution is 2.28. The first-order valence-electron chi connectivity index (χ1n) is 10.3. The predicted octanol–water partition coefficient (Wildman–Crippen LogP) is 3.37. The van der Waals surface area contributed by atoms with Gasteiger partial charge in [-0.05, 0) is 50.5 Å². The van der Waals surface area contributed by atoms with Crippen molar-refractivity contribution in [2.24, 2.45) is 0 Å². The van der Waals surface area contributed by atoms with Crippen LogP contribution in [0.5, 0.6) is 0 Å². The summed E-state index contributed by atoms with van der Waals surface area (Å²) in [6, 6.07) is 14.0. The molecule has 1 aromatic carbocycles. The molecule has 0 aliphatic carbocycles. The average Bonchev–Trinajstić information content (AvgIpc) is 3.22. The highest BCUT2D eigenvalue weighted by atomic mass is 32.2. The summed E-state index contributed by atoms with van der Waals surface area (Å²) in [4.78, 5) is 18.9. The first kappa shape index (κ1) is 20.4. The zero-order valence-electron chi connectivity index (χ0n) is 17.1. The normalized spacial score (nSPS) is 14.0. The molecule has 0 atom stereocenters. The molecule has 30 heavy (non-hydrogen) atoms. The van der Waals surface area contributed by atoms with E-state index in [9.17, 15) is 4.79 Å². The number of rotatable bonds is 7. The van der Waals surface area contributed by atoms with Gasteiger partial charge >= 0.3 is 0 Å². The van der Waals surface area contributed by atoms with Crippen molar-refractivity contribution in [3.05, 3.63) is 59.9 Å². The van der Waals surface area contributed by atoms with Crippen LogP contribution in [0.4, 0.5) is 5.95 Å². The number of carbonyl (C=O) groups excluding carboxylic acids is 1. The number of aromatic nitrogens is 4. The highest BCUT2D eigenvalue weighted by molar-refractivity contribution is 7.99. The Hall–Kier alpha value is -2.87. The summed E-state index contributed by atoms with van der Waals surface area (Å²) in [5, 5.41) is 12.6. The topological polar surface area (TPSA) is 75.9 Å². The summed E-state index contributed by atoms with van der Waals surface area (Å²) in [5.74, 6) is 1.08. The highest BCUT2D eigenvalue weighted by Gasteiger charge is 2.22. The molecule has 1 aliphatic heterocycles. The lowest BCUT2D eigenvalue weighted by Crippen LogP contribution is -2.31. The minimum atomic E-state index is -0.0522. The molecule has 1 saturated heterocycles. The molecule has 1 aliphatic rings. The lowest BCUT2D eigenvalue weighted by molar-refractivity contribution is -0.118. The van der Waals surface area contributed by atoms with Gasteiger partial charge in [-0.15, -0.1) is 10.2 Å². The third-order valence-electron chi connectivity index (χ3n) is 5.07. The number of nitrogens with zero attached hydrogens (tertiary/aromatic N) is 5. The summed E-state index contributed by atoms with van der Waals surface area (Å²) in [5.41, 5.74) is 3.06. The molecule has 7 nitrogen and oxygen atoms in total. The van der Waals surface area contributed by atoms with Crippen molar-refractivity contribution in [2.45, 2.75) is 37.9 Å². The molecule has 0 spiro atoms. The second-order valence-corrected chi connectivity index (χ2v) is 8.33. The molecule has 3 heterocycles. The molecule has 0 radical (unpaired) electrons. The number of pyridine rings is 1. The van der Waals surface area contributed by atoms with E-state index in [1.807, 2.05) is 18.2 Å². The molecule has 156 valence electrons. The van der Waals surface area contributed by atoms with Gasteiger partial charge in [-0.1, -0.05) is 35.5 Å². The average molecular weight is 423 g/mol. The molecule has 1 N–H and O–H groups in total. The van der Waals surface area contributed by atoms with Crippen LogP contribution in [0, 0.1) is 6.92 Å². The van der Waals surface area contributed by atoms with Gasteiger partial charge in [-0.2, -0.15) is 0 Å². The summed E-state index contributed by atoms with van der Waals surface area (Å²) in [6.45, 7) is 4.46. The molecule has 0 bridgehead atoms. The van der Waals surface area contributed by atoms with Crippen molar-refractivity contribution in [1.29, 1.82) is 0 Å². The number of hydrogen-bond donors (Lipinski definition) is 1. The van der Waals surface area contributed by atoms with Crippen molar-refractivity contribution in [1.82, 2.24) is 25.1 Å². The van der Waals surface area contributed by atoms with Gasteiger partial charge in [0.25, 0.3) is 0 Å². The van der Waals surface area contributed by atoms with Crippen LogP contribution in [-0.2, 0) is 11.3 Å². The van der Waals surface area contributed by atoms with Crippen LogP contribution in [0.1, 0.15) is 30.5 Å². The van der Waals surface area contributed by atoms with E-state index in [1.54, 1.807) is 6.20 Å². The summed E-state index contributed by atoms with van der Waals surface area (Å²) < 4.78 is 2.07. The fourth-order valence-corrected chi connectivity index (χ4v) is 4.22. The van der Waals surface area contributed by atoms with Crippen molar-refractivity contribution in [3.63, 3.8) is 0 Å². The van der Waals surface area contributed by atoms with Crippen LogP contribution < -0.4 is 10.2 Å². The van der Waals surface area contributed by atoms with Crippen LogP contribution in [-0.4, -0.2) is 44.5 Å². The monoisotopic (exact) mass is 422 g/mol. The predicted molar refractivity (Wildman–Crippen MR) is 119 cm³/mol. The van der Waals surface area contributed by atoms with Gasteiger partial charge in [-0.25, -0.2) is 0 Å². The van der Waals surface area contributed by atoms with Crippen LogP contribution in [0.15, 0.2) is 53.8 Å². The maximum absolute atomic E-state index is 12.4. The zero-order chi connectivity index (χ0) is 20.8. The molecule has 2 aromatic heterocycles. The molecule has 1 amide bonds. The summed E-state index contributed by atoms with van der Waals surface area (Å²) >= 11 is 1.40. The maximum atomic E-state index is 12.4. The SMILES string of the molecule is Cc1ccc(-n2c(SCC(=O)NCc3ccccn3)nnc2N2CCCCC2)cc1. The van der Waals surface area contributed by atoms with E-state index in [2.05, 4.69) is 61.2 Å². The van der Waals surface area contributed by atoms with Gasteiger partial charge in [0.05, 0.1) is 23.7 Å². The Balaban J connectivity index is 1.48. The molecule has 4 rings (SSSR count). The third-order valence-corrected chi connectivity index (χ3v) is 6.00. The fraction of sp³-hybridized carbons (Fsp3) is 0.364. The van der Waals surface area contributed by atoms with E-state index in [1.165, 1.54) is 36.6 Å². The van der Waals surface area contributed by atoms with E-state index in [0.29, 0.717) is 6.54 Å². The lowest BCUT2D eigenvalue weighted by atomic mass is 10.1. The van der Waals surface area contributed by atoms with Crippen LogP contribution in [0.3, 0.4) is 0 Å². The van der Waals surface area contributed by atoms with Gasteiger partial charge in [0.15, 0.2) is 5.16 Å². The number of carbonyl (C=O) groups is 1. The molecule has 3 aromatic rings. The van der Waals surface area contributed by atoms with E-state index in [4.69, 9.17) is 0 Å². The molecule has 8 heteroatoms. The van der Waals surface area contributed by atoms with Crippen LogP contribution in [0.25, 0.3) is 5.69 Å². The number of piperidine rings is 1. The second-order valence-electron chi connectivity index (χ2n) is 7.39. The summed E-state index contributed by atoms with van der Waals surface area (Å²) in [6.07, 6.45) is 5.31. The maximum Gasteiger partial charge on any atom is 0.232 e. The lowest BCUT2D eigenvalue weighted by Gasteiger charge is -2.27. The van der Waals surface area contributed by atoms with Crippen LogP contribution >= 0.6 is 11.8 Å². The van der Waals surface area contributed by atoms with Gasteiger partial charge in [0, 0.05) is 19.3 Å². The quantitative estimate of drug-likeness (QED) is 0.589. The number of amides is 1. The zero-order valence-corrected chi connectivity index (χ0v) is 17.9. The van der Waals surface area contributed by atoms with Crippen LogP contribution in [0.2, 0.25) is 0 Å². The van der Waals surface area contributed by atoms with E-state index >= 15 is 0 Å². The summed E-state index contributed by atoms with van der Waals surface area (Å²) in [7, 11) is 0. The van der Waals surface area contributed by atoms with E-state index in [0.717, 1.165) is 35.6 Å². The number of hydrogen-bond acceptors (Lipinski definition) is 6. The Kier molecular flexibility index (Phi) is 6.63. The first-order chi connectivity index (χ1) is 14.7. The van der Waals surface area contributed by atoms with E-state index < -0.39 is 0 Å². The van der Waals surface area contributed by atoms with Gasteiger partial charge < -0.3 is 10.2 Å². The van der Waals surface area contributed by atoms with Crippen molar-refractivity contribution in [3.8, 4) is 5.69 Å². The number of anilines is 1. The molecule has 0 saturated carbocycles. The Morgan fingerprint density at radius 2 is 1.87 bits per heavy atom. The molecule has 1 fully saturated rings. The Bertz CT molecular complexity index is 967. The Morgan fingerprint density at radius 3 is 2.60 bits per heavy atom. The standard InChI is InChI=1S/C22H26N6OS/c1-17-8-10-19(11-9-17)28-21(27-13-5-2-6-14-27)25-26-22(28)30-16-20(29)24-15-18-7-3-4-12-23-18/h3-4,7-12H,2,5-6,13-16H2,1H3,(H,24,29). The number of aryl methyl sites for hydroxylation is 1. The minimum absolute atomic E-state index is 0.0522. The van der Waals surface area contributed by atoms with Crippen molar-refractivity contribution >= 4 is 23.6 Å². The van der Waals surface area contributed by atoms with Crippen molar-refractivity contribution < 1.29 is 4.79 Å². The number of benzene rings is 1. The molecule has 0 unspecified atom stereocenters. The van der Waals surface area contributed by atoms with Crippen molar-refractivity contribution in [2.75, 3.05) is 23.7 Å². The first-order valence-corrected chi connectivity index (χ1v) is 11.3. The van der Waals surface area contributed by atoms with Gasteiger partial charge in [0.2, 0.25) is 11.9 Å². The minimum Gasteiger partial charge on any atom is -0.350 e. The molecular formula is C22H26N6OS. The second kappa shape index (κ2) is 9.75. The fourth-order valence-electron chi connectivity index (χ4n) is 3.45. The number of thioether (sulfide) groups is 1. The third kappa shape index (κ3) is 4.99. The van der Waals surface area contributed by atoms with E-state index in [-0.39, 0.29) is 11.7 Å². The molecular weight excluding hydrogens is 396 g/mol. The smallest absolute Gasteiger partial charge is 0.232 e.